The van der Waals surface area contributed by atoms with E-state index in [1.54, 1.807) is 36.3 Å². The molecular formula is C21H27NO4. The molecule has 0 spiro atoms. The summed E-state index contributed by atoms with van der Waals surface area (Å²) in [6, 6.07) is 12.6. The van der Waals surface area contributed by atoms with E-state index >= 15 is 0 Å². The molecule has 1 amide bonds. The van der Waals surface area contributed by atoms with Gasteiger partial charge in [0.15, 0.2) is 11.5 Å². The molecule has 0 saturated heterocycles. The van der Waals surface area contributed by atoms with E-state index in [0.29, 0.717) is 41.7 Å². The minimum atomic E-state index is -0.0441. The molecule has 2 rings (SSSR count). The second-order valence-corrected chi connectivity index (χ2v) is 6.05. The van der Waals surface area contributed by atoms with Crippen molar-refractivity contribution < 1.29 is 19.0 Å². The van der Waals surface area contributed by atoms with Gasteiger partial charge in [0.1, 0.15) is 11.5 Å². The SMILES string of the molecule is CCN(CC)C(=O)c1ccccc1Oc1ccc(OC(C)C)c(OC)c1. The Kier molecular flexibility index (Phi) is 6.89. The Morgan fingerprint density at radius 3 is 2.31 bits per heavy atom. The molecule has 0 saturated carbocycles. The number of methoxy groups -OCH3 is 1. The number of ether oxygens (including phenoxy) is 3. The lowest BCUT2D eigenvalue weighted by Crippen LogP contribution is -2.30. The van der Waals surface area contributed by atoms with Gasteiger partial charge in [-0.15, -0.1) is 0 Å². The molecule has 0 aromatic heterocycles. The zero-order valence-corrected chi connectivity index (χ0v) is 16.1. The molecule has 0 aliphatic carbocycles. The molecule has 26 heavy (non-hydrogen) atoms. The highest BCUT2D eigenvalue weighted by Crippen LogP contribution is 2.35. The van der Waals surface area contributed by atoms with Gasteiger partial charge in [-0.2, -0.15) is 0 Å². The van der Waals surface area contributed by atoms with E-state index in [1.165, 1.54) is 0 Å². The highest BCUT2D eigenvalue weighted by Gasteiger charge is 2.18. The van der Waals surface area contributed by atoms with Crippen molar-refractivity contribution in [1.29, 1.82) is 0 Å². The predicted molar refractivity (Wildman–Crippen MR) is 103 cm³/mol. The van der Waals surface area contributed by atoms with Crippen LogP contribution in [0.2, 0.25) is 0 Å². The van der Waals surface area contributed by atoms with Crippen molar-refractivity contribution >= 4 is 5.91 Å². The van der Waals surface area contributed by atoms with Gasteiger partial charge in [0, 0.05) is 19.2 Å². The predicted octanol–water partition coefficient (Wildman–Crippen LogP) is 4.76. The first kappa shape index (κ1) is 19.6. The number of para-hydroxylation sites is 1. The molecule has 2 aromatic carbocycles. The fraction of sp³-hybridized carbons (Fsp3) is 0.381. The van der Waals surface area contributed by atoms with E-state index in [-0.39, 0.29) is 12.0 Å². The first-order valence-electron chi connectivity index (χ1n) is 8.90. The standard InChI is InChI=1S/C21H27NO4/c1-6-22(7-2)21(23)17-10-8-9-11-18(17)26-16-12-13-19(25-15(3)4)20(14-16)24-5/h8-15H,6-7H2,1-5H3. The molecule has 0 bridgehead atoms. The first-order valence-corrected chi connectivity index (χ1v) is 8.90. The van der Waals surface area contributed by atoms with Crippen LogP contribution in [0.4, 0.5) is 0 Å². The van der Waals surface area contributed by atoms with Gasteiger partial charge in [0.05, 0.1) is 18.8 Å². The van der Waals surface area contributed by atoms with Crippen LogP contribution < -0.4 is 14.2 Å². The van der Waals surface area contributed by atoms with E-state index in [4.69, 9.17) is 14.2 Å². The summed E-state index contributed by atoms with van der Waals surface area (Å²) in [5.41, 5.74) is 0.540. The molecule has 0 unspecified atom stereocenters. The maximum atomic E-state index is 12.7. The summed E-state index contributed by atoms with van der Waals surface area (Å²) >= 11 is 0. The van der Waals surface area contributed by atoms with Crippen molar-refractivity contribution in [3.63, 3.8) is 0 Å². The van der Waals surface area contributed by atoms with Gasteiger partial charge < -0.3 is 19.1 Å². The van der Waals surface area contributed by atoms with Crippen LogP contribution in [0.1, 0.15) is 38.1 Å². The van der Waals surface area contributed by atoms with Gasteiger partial charge >= 0.3 is 0 Å². The number of hydrogen-bond donors (Lipinski definition) is 0. The monoisotopic (exact) mass is 357 g/mol. The third-order valence-corrected chi connectivity index (χ3v) is 3.89. The summed E-state index contributed by atoms with van der Waals surface area (Å²) in [7, 11) is 1.59. The normalized spacial score (nSPS) is 10.5. The molecule has 0 aliphatic rings. The zero-order valence-electron chi connectivity index (χ0n) is 16.1. The van der Waals surface area contributed by atoms with Crippen LogP contribution in [0.5, 0.6) is 23.0 Å². The summed E-state index contributed by atoms with van der Waals surface area (Å²) in [6.45, 7) is 9.14. The molecule has 0 fully saturated rings. The summed E-state index contributed by atoms with van der Waals surface area (Å²) < 4.78 is 17.1. The maximum absolute atomic E-state index is 12.7. The lowest BCUT2D eigenvalue weighted by Gasteiger charge is -2.20. The van der Waals surface area contributed by atoms with Gasteiger partial charge in [0.25, 0.3) is 5.91 Å². The molecule has 0 atom stereocenters. The van der Waals surface area contributed by atoms with Crippen molar-refractivity contribution in [3.05, 3.63) is 48.0 Å². The topological polar surface area (TPSA) is 48.0 Å². The lowest BCUT2D eigenvalue weighted by atomic mass is 10.1. The number of carbonyl (C=O) groups is 1. The molecule has 0 aliphatic heterocycles. The Bertz CT molecular complexity index is 739. The van der Waals surface area contributed by atoms with E-state index in [1.807, 2.05) is 45.9 Å². The molecule has 0 N–H and O–H groups in total. The number of nitrogens with zero attached hydrogens (tertiary/aromatic N) is 1. The van der Waals surface area contributed by atoms with Gasteiger partial charge in [-0.3, -0.25) is 4.79 Å². The van der Waals surface area contributed by atoms with Gasteiger partial charge in [-0.25, -0.2) is 0 Å². The molecule has 5 nitrogen and oxygen atoms in total. The Labute approximate surface area is 155 Å². The minimum absolute atomic E-state index is 0.0441. The highest BCUT2D eigenvalue weighted by molar-refractivity contribution is 5.97. The quantitative estimate of drug-likeness (QED) is 0.684. The number of amides is 1. The van der Waals surface area contributed by atoms with Crippen molar-refractivity contribution in [1.82, 2.24) is 4.90 Å². The average molecular weight is 357 g/mol. The van der Waals surface area contributed by atoms with Crippen LogP contribution in [0.25, 0.3) is 0 Å². The second kappa shape index (κ2) is 9.13. The summed E-state index contributed by atoms with van der Waals surface area (Å²) in [5.74, 6) is 2.30. The number of hydrogen-bond acceptors (Lipinski definition) is 4. The third-order valence-electron chi connectivity index (χ3n) is 3.89. The molecule has 0 radical (unpaired) electrons. The first-order chi connectivity index (χ1) is 12.5. The highest BCUT2D eigenvalue weighted by atomic mass is 16.5. The van der Waals surface area contributed by atoms with Gasteiger partial charge in [-0.1, -0.05) is 12.1 Å². The van der Waals surface area contributed by atoms with Crippen molar-refractivity contribution in [2.45, 2.75) is 33.8 Å². The Hall–Kier alpha value is -2.69. The van der Waals surface area contributed by atoms with Crippen LogP contribution >= 0.6 is 0 Å². The van der Waals surface area contributed by atoms with Crippen molar-refractivity contribution in [2.75, 3.05) is 20.2 Å². The zero-order chi connectivity index (χ0) is 19.1. The molecule has 2 aromatic rings. The van der Waals surface area contributed by atoms with Gasteiger partial charge in [-0.05, 0) is 52.0 Å². The van der Waals surface area contributed by atoms with Crippen LogP contribution in [0.15, 0.2) is 42.5 Å². The molecule has 5 heteroatoms. The van der Waals surface area contributed by atoms with Crippen molar-refractivity contribution in [3.8, 4) is 23.0 Å². The fourth-order valence-electron chi connectivity index (χ4n) is 2.60. The molecule has 140 valence electrons. The van der Waals surface area contributed by atoms with Crippen LogP contribution in [0, 0.1) is 0 Å². The average Bonchev–Trinajstić information content (AvgIpc) is 2.64. The smallest absolute Gasteiger partial charge is 0.257 e. The number of benzene rings is 2. The Balaban J connectivity index is 2.30. The Morgan fingerprint density at radius 2 is 1.69 bits per heavy atom. The minimum Gasteiger partial charge on any atom is -0.493 e. The van der Waals surface area contributed by atoms with Crippen LogP contribution in [0.3, 0.4) is 0 Å². The van der Waals surface area contributed by atoms with Crippen LogP contribution in [-0.4, -0.2) is 37.1 Å². The number of carbonyl (C=O) groups excluding carboxylic acids is 1. The van der Waals surface area contributed by atoms with E-state index < -0.39 is 0 Å². The van der Waals surface area contributed by atoms with E-state index in [0.717, 1.165) is 0 Å². The largest absolute Gasteiger partial charge is 0.493 e. The lowest BCUT2D eigenvalue weighted by molar-refractivity contribution is 0.0770. The summed E-state index contributed by atoms with van der Waals surface area (Å²) in [5, 5.41) is 0. The molecular weight excluding hydrogens is 330 g/mol. The van der Waals surface area contributed by atoms with E-state index in [9.17, 15) is 4.79 Å². The van der Waals surface area contributed by atoms with Gasteiger partial charge in [0.2, 0.25) is 0 Å². The summed E-state index contributed by atoms with van der Waals surface area (Å²) in [6.07, 6.45) is 0.0445. The fourth-order valence-corrected chi connectivity index (χ4v) is 2.60. The third kappa shape index (κ3) is 4.69. The number of rotatable bonds is 8. The molecule has 0 heterocycles. The van der Waals surface area contributed by atoms with E-state index in [2.05, 4.69) is 0 Å². The second-order valence-electron chi connectivity index (χ2n) is 6.05. The maximum Gasteiger partial charge on any atom is 0.257 e. The summed E-state index contributed by atoms with van der Waals surface area (Å²) in [4.78, 5) is 14.5. The van der Waals surface area contributed by atoms with Crippen molar-refractivity contribution in [2.24, 2.45) is 0 Å². The Morgan fingerprint density at radius 1 is 1.00 bits per heavy atom. The van der Waals surface area contributed by atoms with Crippen LogP contribution in [-0.2, 0) is 0 Å².